The van der Waals surface area contributed by atoms with Gasteiger partial charge in [0.2, 0.25) is 0 Å². The molecule has 0 bridgehead atoms. The molecular weight excluding hydrogens is 545 g/mol. The van der Waals surface area contributed by atoms with Gasteiger partial charge in [0, 0.05) is 38.7 Å². The number of carbonyl (C=O) groups excluding carboxylic acids is 2. The number of ether oxygens (including phenoxy) is 1. The third-order valence-electron chi connectivity index (χ3n) is 6.98. The fraction of sp³-hybridized carbons (Fsp3) is 0.219. The second-order valence-corrected chi connectivity index (χ2v) is 10.4. The predicted octanol–water partition coefficient (Wildman–Crippen LogP) is 7.04. The summed E-state index contributed by atoms with van der Waals surface area (Å²) in [5, 5.41) is 12.1. The Morgan fingerprint density at radius 2 is 1.60 bits per heavy atom. The van der Waals surface area contributed by atoms with Crippen LogP contribution < -0.4 is 4.74 Å². The number of methoxy groups -OCH3 is 1. The summed E-state index contributed by atoms with van der Waals surface area (Å²) in [6.07, 6.45) is 0.570. The van der Waals surface area contributed by atoms with Gasteiger partial charge in [-0.2, -0.15) is 5.26 Å². The lowest BCUT2D eigenvalue weighted by atomic mass is 9.93. The number of hydrogen-bond acceptors (Lipinski definition) is 4. The van der Waals surface area contributed by atoms with E-state index in [2.05, 4.69) is 6.07 Å². The summed E-state index contributed by atoms with van der Waals surface area (Å²) in [6.45, 7) is 0.787. The molecule has 40 heavy (non-hydrogen) atoms. The number of carbonyl (C=O) groups is 2. The molecule has 4 rings (SSSR count). The monoisotopic (exact) mass is 573 g/mol. The third kappa shape index (κ3) is 6.22. The number of halogens is 2. The molecule has 0 radical (unpaired) electrons. The Kier molecular flexibility index (Phi) is 9.31. The SMILES string of the molecule is COc1c(C#N)cc2ccccc2c1C(=O)N(C)CC(CCN(C)C(=O)c1ccccc1)c1ccc(Cl)c(Cl)c1. The molecule has 1 unspecified atom stereocenters. The van der Waals surface area contributed by atoms with Gasteiger partial charge in [0.05, 0.1) is 28.3 Å². The summed E-state index contributed by atoms with van der Waals surface area (Å²) < 4.78 is 5.57. The topological polar surface area (TPSA) is 73.6 Å². The van der Waals surface area contributed by atoms with E-state index in [1.807, 2.05) is 48.5 Å². The molecule has 0 aliphatic rings. The highest BCUT2D eigenvalue weighted by Gasteiger charge is 2.26. The van der Waals surface area contributed by atoms with Crippen LogP contribution in [0.1, 0.15) is 44.2 Å². The minimum Gasteiger partial charge on any atom is -0.495 e. The van der Waals surface area contributed by atoms with Crippen LogP contribution in [0.15, 0.2) is 78.9 Å². The van der Waals surface area contributed by atoms with Gasteiger partial charge in [-0.3, -0.25) is 9.59 Å². The molecule has 0 saturated carbocycles. The van der Waals surface area contributed by atoms with Gasteiger partial charge in [0.15, 0.2) is 0 Å². The lowest BCUT2D eigenvalue weighted by Crippen LogP contribution is -2.34. The van der Waals surface area contributed by atoms with Gasteiger partial charge in [0.1, 0.15) is 11.8 Å². The van der Waals surface area contributed by atoms with E-state index < -0.39 is 0 Å². The van der Waals surface area contributed by atoms with Crippen LogP contribution in [0.2, 0.25) is 10.0 Å². The van der Waals surface area contributed by atoms with Crippen molar-refractivity contribution in [2.75, 3.05) is 34.3 Å². The first kappa shape index (κ1) is 28.9. The van der Waals surface area contributed by atoms with Crippen LogP contribution in [0.3, 0.4) is 0 Å². The Labute approximate surface area is 244 Å². The minimum atomic E-state index is -0.274. The third-order valence-corrected chi connectivity index (χ3v) is 7.72. The van der Waals surface area contributed by atoms with Gasteiger partial charge in [-0.1, -0.05) is 71.7 Å². The molecule has 2 amide bonds. The zero-order valence-electron chi connectivity index (χ0n) is 22.5. The number of nitriles is 1. The Hall–Kier alpha value is -4.05. The maximum absolute atomic E-state index is 14.0. The Morgan fingerprint density at radius 1 is 0.900 bits per heavy atom. The van der Waals surface area contributed by atoms with Crippen molar-refractivity contribution in [3.8, 4) is 11.8 Å². The quantitative estimate of drug-likeness (QED) is 0.215. The van der Waals surface area contributed by atoms with Crippen molar-refractivity contribution in [2.45, 2.75) is 12.3 Å². The molecule has 204 valence electrons. The molecule has 0 spiro atoms. The van der Waals surface area contributed by atoms with Crippen molar-refractivity contribution in [1.82, 2.24) is 9.80 Å². The van der Waals surface area contributed by atoms with Crippen molar-refractivity contribution >= 4 is 45.8 Å². The first-order valence-electron chi connectivity index (χ1n) is 12.8. The van der Waals surface area contributed by atoms with Gasteiger partial charge < -0.3 is 14.5 Å². The first-order valence-corrected chi connectivity index (χ1v) is 13.5. The summed E-state index contributed by atoms with van der Waals surface area (Å²) >= 11 is 12.5. The summed E-state index contributed by atoms with van der Waals surface area (Å²) in [4.78, 5) is 30.2. The Balaban J connectivity index is 1.64. The number of rotatable bonds is 9. The number of fused-ring (bicyclic) bond motifs is 1. The second-order valence-electron chi connectivity index (χ2n) is 9.60. The molecule has 0 heterocycles. The summed E-state index contributed by atoms with van der Waals surface area (Å²) in [6, 6.07) is 25.8. The molecule has 1 atom stereocenters. The van der Waals surface area contributed by atoms with E-state index in [1.165, 1.54) is 7.11 Å². The van der Waals surface area contributed by atoms with Crippen LogP contribution in [0.4, 0.5) is 0 Å². The maximum atomic E-state index is 14.0. The number of likely N-dealkylation sites (N-methyl/N-ethyl adjacent to an activating group) is 1. The van der Waals surface area contributed by atoms with Crippen LogP contribution in [0.5, 0.6) is 5.75 Å². The molecule has 0 saturated heterocycles. The molecule has 4 aromatic rings. The van der Waals surface area contributed by atoms with E-state index in [1.54, 1.807) is 54.2 Å². The standard InChI is InChI=1S/C32H29Cl2N3O3/c1-36(31(38)21-9-5-4-6-10-21)16-15-24(22-13-14-27(33)28(34)18-22)20-37(2)32(39)29-26-12-8-7-11-23(26)17-25(19-35)30(29)40-3/h4-14,17-18,24H,15-16,20H2,1-3H3. The van der Waals surface area contributed by atoms with Crippen molar-refractivity contribution in [2.24, 2.45) is 0 Å². The van der Waals surface area contributed by atoms with Gasteiger partial charge >= 0.3 is 0 Å². The van der Waals surface area contributed by atoms with Crippen LogP contribution in [0, 0.1) is 11.3 Å². The number of nitrogens with zero attached hydrogens (tertiary/aromatic N) is 3. The molecule has 0 aromatic heterocycles. The number of benzene rings is 4. The average molecular weight is 575 g/mol. The lowest BCUT2D eigenvalue weighted by Gasteiger charge is -2.28. The fourth-order valence-electron chi connectivity index (χ4n) is 4.82. The van der Waals surface area contributed by atoms with Crippen molar-refractivity contribution in [1.29, 1.82) is 5.26 Å². The van der Waals surface area contributed by atoms with Gasteiger partial charge in [-0.25, -0.2) is 0 Å². The van der Waals surface area contributed by atoms with Crippen LogP contribution in [-0.4, -0.2) is 55.9 Å². The largest absolute Gasteiger partial charge is 0.495 e. The van der Waals surface area contributed by atoms with Crippen molar-refractivity contribution in [3.05, 3.63) is 111 Å². The molecule has 6 nitrogen and oxygen atoms in total. The van der Waals surface area contributed by atoms with Gasteiger partial charge in [0.25, 0.3) is 11.8 Å². The molecule has 4 aromatic carbocycles. The molecule has 8 heteroatoms. The molecule has 0 fully saturated rings. The van der Waals surface area contributed by atoms with Crippen LogP contribution in [-0.2, 0) is 0 Å². The summed E-state index contributed by atoms with van der Waals surface area (Å²) in [5.41, 5.74) is 2.14. The minimum absolute atomic E-state index is 0.0811. The van der Waals surface area contributed by atoms with E-state index in [4.69, 9.17) is 27.9 Å². The van der Waals surface area contributed by atoms with E-state index >= 15 is 0 Å². The molecule has 0 N–H and O–H groups in total. The molecular formula is C32H29Cl2N3O3. The van der Waals surface area contributed by atoms with E-state index in [-0.39, 0.29) is 23.5 Å². The van der Waals surface area contributed by atoms with Gasteiger partial charge in [-0.15, -0.1) is 0 Å². The molecule has 0 aliphatic heterocycles. The zero-order valence-corrected chi connectivity index (χ0v) is 24.0. The Morgan fingerprint density at radius 3 is 2.27 bits per heavy atom. The molecule has 0 aliphatic carbocycles. The fourth-order valence-corrected chi connectivity index (χ4v) is 5.13. The van der Waals surface area contributed by atoms with Crippen molar-refractivity contribution in [3.63, 3.8) is 0 Å². The summed E-state index contributed by atoms with van der Waals surface area (Å²) in [7, 11) is 4.94. The highest BCUT2D eigenvalue weighted by Crippen LogP contribution is 2.34. The van der Waals surface area contributed by atoms with E-state index in [9.17, 15) is 14.9 Å². The second kappa shape index (κ2) is 12.9. The highest BCUT2D eigenvalue weighted by molar-refractivity contribution is 6.42. The van der Waals surface area contributed by atoms with Crippen molar-refractivity contribution < 1.29 is 14.3 Å². The van der Waals surface area contributed by atoms with E-state index in [0.29, 0.717) is 51.6 Å². The van der Waals surface area contributed by atoms with Gasteiger partial charge in [-0.05, 0) is 53.1 Å². The lowest BCUT2D eigenvalue weighted by molar-refractivity contribution is 0.0756. The average Bonchev–Trinajstić information content (AvgIpc) is 2.98. The highest BCUT2D eigenvalue weighted by atomic mass is 35.5. The normalized spacial score (nSPS) is 11.5. The smallest absolute Gasteiger partial charge is 0.258 e. The maximum Gasteiger partial charge on any atom is 0.258 e. The number of amides is 2. The zero-order chi connectivity index (χ0) is 28.8. The van der Waals surface area contributed by atoms with Crippen LogP contribution in [0.25, 0.3) is 10.8 Å². The number of hydrogen-bond donors (Lipinski definition) is 0. The van der Waals surface area contributed by atoms with E-state index in [0.717, 1.165) is 10.9 Å². The van der Waals surface area contributed by atoms with Crippen LogP contribution >= 0.6 is 23.2 Å². The Bertz CT molecular complexity index is 1580. The summed E-state index contributed by atoms with van der Waals surface area (Å²) in [5.74, 6) is -0.269. The first-order chi connectivity index (χ1) is 19.2. The predicted molar refractivity (Wildman–Crippen MR) is 159 cm³/mol.